The molecule has 0 aliphatic carbocycles. The van der Waals surface area contributed by atoms with Crippen molar-refractivity contribution < 1.29 is 23.8 Å². The van der Waals surface area contributed by atoms with Crippen LogP contribution in [0.5, 0.6) is 23.1 Å². The largest absolute Gasteiger partial charge is 0.493 e. The van der Waals surface area contributed by atoms with Crippen LogP contribution in [0.4, 0.5) is 0 Å². The van der Waals surface area contributed by atoms with Gasteiger partial charge in [-0.25, -0.2) is 4.98 Å². The second kappa shape index (κ2) is 19.3. The van der Waals surface area contributed by atoms with Gasteiger partial charge in [-0.15, -0.1) is 12.4 Å². The molecule has 1 saturated heterocycles. The number of hydrogen-bond acceptors (Lipinski definition) is 7. The standard InChI is InChI=1S/C44H44ClN3O5.ClH/c1-31-4-6-36(7-5-31)30-52-40-17-18-42(46-28-40)53-44-32(2)26-37(27-41(44)45)12-19-43(50)48-23-21-47(22-24-48)29-35-10-8-34(9-11-35)20-25-51-39-15-13-38(14-16-39)33(3)49;/h4-19,26-28H,20-25,29-30H2,1-3H3;1H/b19-12+;. The number of amides is 1. The minimum absolute atomic E-state index is 0. The van der Waals surface area contributed by atoms with E-state index in [0.29, 0.717) is 54.3 Å². The Labute approximate surface area is 328 Å². The Bertz CT molecular complexity index is 2000. The zero-order chi connectivity index (χ0) is 37.2. The first-order chi connectivity index (χ1) is 25.7. The van der Waals surface area contributed by atoms with E-state index in [2.05, 4.69) is 53.2 Å². The minimum atomic E-state index is -0.0194. The van der Waals surface area contributed by atoms with Gasteiger partial charge in [0.1, 0.15) is 18.1 Å². The molecule has 8 nitrogen and oxygen atoms in total. The van der Waals surface area contributed by atoms with Crippen molar-refractivity contribution in [1.82, 2.24) is 14.8 Å². The number of benzene rings is 4. The van der Waals surface area contributed by atoms with Crippen molar-refractivity contribution in [3.05, 3.63) is 153 Å². The third-order valence-corrected chi connectivity index (χ3v) is 9.43. The van der Waals surface area contributed by atoms with Gasteiger partial charge in [0.25, 0.3) is 0 Å². The molecule has 0 N–H and O–H groups in total. The van der Waals surface area contributed by atoms with Crippen molar-refractivity contribution in [3.8, 4) is 23.1 Å². The molecular formula is C44H45Cl2N3O5. The molecule has 1 aromatic heterocycles. The highest BCUT2D eigenvalue weighted by molar-refractivity contribution is 6.32. The number of pyridine rings is 1. The topological polar surface area (TPSA) is 81.2 Å². The van der Waals surface area contributed by atoms with Crippen molar-refractivity contribution in [1.29, 1.82) is 0 Å². The van der Waals surface area contributed by atoms with E-state index in [4.69, 9.17) is 25.8 Å². The fourth-order valence-electron chi connectivity index (χ4n) is 5.99. The lowest BCUT2D eigenvalue weighted by molar-refractivity contribution is -0.127. The number of hydrogen-bond donors (Lipinski definition) is 0. The summed E-state index contributed by atoms with van der Waals surface area (Å²) in [6, 6.07) is 31.4. The number of nitrogens with zero attached hydrogens (tertiary/aromatic N) is 3. The molecule has 5 aromatic rings. The lowest BCUT2D eigenvalue weighted by atomic mass is 10.1. The van der Waals surface area contributed by atoms with Gasteiger partial charge >= 0.3 is 0 Å². The number of ketones is 1. The van der Waals surface area contributed by atoms with Gasteiger partial charge in [-0.2, -0.15) is 0 Å². The summed E-state index contributed by atoms with van der Waals surface area (Å²) < 4.78 is 17.7. The molecule has 0 atom stereocenters. The van der Waals surface area contributed by atoms with Crippen LogP contribution in [0.2, 0.25) is 5.02 Å². The van der Waals surface area contributed by atoms with E-state index in [9.17, 15) is 9.59 Å². The summed E-state index contributed by atoms with van der Waals surface area (Å²) in [6.07, 6.45) is 5.84. The summed E-state index contributed by atoms with van der Waals surface area (Å²) in [5.41, 5.74) is 7.07. The first kappa shape index (κ1) is 40.0. The average molecular weight is 767 g/mol. The molecule has 0 radical (unpaired) electrons. The molecule has 1 fully saturated rings. The average Bonchev–Trinajstić information content (AvgIpc) is 3.17. The van der Waals surface area contributed by atoms with Gasteiger partial charge in [-0.1, -0.05) is 65.7 Å². The van der Waals surface area contributed by atoms with E-state index >= 15 is 0 Å². The van der Waals surface area contributed by atoms with Crippen molar-refractivity contribution in [2.75, 3.05) is 32.8 Å². The van der Waals surface area contributed by atoms with Gasteiger partial charge < -0.3 is 19.1 Å². The summed E-state index contributed by atoms with van der Waals surface area (Å²) >= 11 is 6.63. The van der Waals surface area contributed by atoms with E-state index in [1.54, 1.807) is 49.5 Å². The molecule has 54 heavy (non-hydrogen) atoms. The number of piperazine rings is 1. The van der Waals surface area contributed by atoms with Crippen LogP contribution in [0.15, 0.2) is 109 Å². The number of halogens is 2. The Kier molecular flexibility index (Phi) is 14.3. The third kappa shape index (κ3) is 11.4. The zero-order valence-electron chi connectivity index (χ0n) is 30.8. The first-order valence-electron chi connectivity index (χ1n) is 17.8. The minimum Gasteiger partial charge on any atom is -0.493 e. The molecule has 10 heteroatoms. The second-order valence-corrected chi connectivity index (χ2v) is 13.7. The van der Waals surface area contributed by atoms with Crippen LogP contribution in [0.25, 0.3) is 6.08 Å². The number of carbonyl (C=O) groups is 2. The molecule has 280 valence electrons. The maximum Gasteiger partial charge on any atom is 0.246 e. The van der Waals surface area contributed by atoms with Gasteiger partial charge in [0.15, 0.2) is 11.5 Å². The highest BCUT2D eigenvalue weighted by Crippen LogP contribution is 2.34. The Hall–Kier alpha value is -5.15. The SMILES string of the molecule is CC(=O)c1ccc(OCCc2ccc(CN3CCN(C(=O)/C=C/c4cc(C)c(Oc5ccc(OCc6ccc(C)cc6)cn5)c(Cl)c4)CC3)cc2)cc1.Cl. The first-order valence-corrected chi connectivity index (χ1v) is 18.2. The Morgan fingerprint density at radius 2 is 1.46 bits per heavy atom. The number of carbonyl (C=O) groups excluding carboxylic acids is 2. The van der Waals surface area contributed by atoms with Crippen molar-refractivity contribution >= 4 is 41.8 Å². The fourth-order valence-corrected chi connectivity index (χ4v) is 6.31. The van der Waals surface area contributed by atoms with E-state index in [0.717, 1.165) is 48.5 Å². The van der Waals surface area contributed by atoms with E-state index < -0.39 is 0 Å². The lowest BCUT2D eigenvalue weighted by Crippen LogP contribution is -2.47. The van der Waals surface area contributed by atoms with Gasteiger partial charge in [-0.3, -0.25) is 14.5 Å². The van der Waals surface area contributed by atoms with E-state index in [1.807, 2.05) is 48.2 Å². The number of Topliss-reactive ketones (excluding diaryl/α,β-unsaturated/α-hetero) is 1. The molecule has 0 spiro atoms. The molecule has 1 amide bonds. The maximum absolute atomic E-state index is 13.1. The maximum atomic E-state index is 13.1. The van der Waals surface area contributed by atoms with Gasteiger partial charge in [0.2, 0.25) is 11.8 Å². The summed E-state index contributed by atoms with van der Waals surface area (Å²) in [5.74, 6) is 2.36. The molecule has 0 unspecified atom stereocenters. The fraction of sp³-hybridized carbons (Fsp3) is 0.250. The molecular weight excluding hydrogens is 721 g/mol. The molecule has 1 aliphatic rings. The Morgan fingerprint density at radius 1 is 0.796 bits per heavy atom. The van der Waals surface area contributed by atoms with Crippen LogP contribution in [0, 0.1) is 13.8 Å². The number of ether oxygens (including phenoxy) is 3. The number of aromatic nitrogens is 1. The van der Waals surface area contributed by atoms with Crippen LogP contribution in [-0.2, 0) is 24.4 Å². The van der Waals surface area contributed by atoms with E-state index in [-0.39, 0.29) is 24.1 Å². The van der Waals surface area contributed by atoms with Gasteiger partial charge in [0.05, 0.1) is 17.8 Å². The normalized spacial score (nSPS) is 13.0. The molecule has 0 saturated carbocycles. The van der Waals surface area contributed by atoms with Crippen LogP contribution >= 0.6 is 24.0 Å². The summed E-state index contributed by atoms with van der Waals surface area (Å²) in [6.45, 7) is 10.3. The van der Waals surface area contributed by atoms with Crippen LogP contribution in [0.1, 0.15) is 50.7 Å². The summed E-state index contributed by atoms with van der Waals surface area (Å²) in [7, 11) is 0. The Morgan fingerprint density at radius 3 is 2.11 bits per heavy atom. The third-order valence-electron chi connectivity index (χ3n) is 9.15. The summed E-state index contributed by atoms with van der Waals surface area (Å²) in [5, 5.41) is 0.436. The highest BCUT2D eigenvalue weighted by Gasteiger charge is 2.20. The predicted molar refractivity (Wildman–Crippen MR) is 216 cm³/mol. The zero-order valence-corrected chi connectivity index (χ0v) is 32.4. The quantitative estimate of drug-likeness (QED) is 0.0824. The second-order valence-electron chi connectivity index (χ2n) is 13.3. The van der Waals surface area contributed by atoms with Crippen LogP contribution in [-0.4, -0.2) is 59.3 Å². The Balaban J connectivity index is 0.00000561. The monoisotopic (exact) mass is 765 g/mol. The van der Waals surface area contributed by atoms with Crippen molar-refractivity contribution in [3.63, 3.8) is 0 Å². The predicted octanol–water partition coefficient (Wildman–Crippen LogP) is 9.33. The van der Waals surface area contributed by atoms with Gasteiger partial charge in [-0.05, 0) is 97.1 Å². The molecule has 6 rings (SSSR count). The number of aryl methyl sites for hydroxylation is 2. The summed E-state index contributed by atoms with van der Waals surface area (Å²) in [4.78, 5) is 33.2. The highest BCUT2D eigenvalue weighted by atomic mass is 35.5. The van der Waals surface area contributed by atoms with Crippen molar-refractivity contribution in [2.24, 2.45) is 0 Å². The smallest absolute Gasteiger partial charge is 0.246 e. The molecule has 2 heterocycles. The molecule has 0 bridgehead atoms. The van der Waals surface area contributed by atoms with Crippen LogP contribution in [0.3, 0.4) is 0 Å². The molecule has 4 aromatic carbocycles. The number of rotatable bonds is 14. The van der Waals surface area contributed by atoms with Crippen molar-refractivity contribution in [2.45, 2.75) is 40.3 Å². The van der Waals surface area contributed by atoms with Gasteiger partial charge in [0, 0.05) is 56.9 Å². The lowest BCUT2D eigenvalue weighted by Gasteiger charge is -2.34. The van der Waals surface area contributed by atoms with E-state index in [1.165, 1.54) is 16.7 Å². The van der Waals surface area contributed by atoms with Crippen LogP contribution < -0.4 is 14.2 Å². The molecule has 1 aliphatic heterocycles.